The fourth-order valence-electron chi connectivity index (χ4n) is 1.81. The van der Waals surface area contributed by atoms with Gasteiger partial charge in [0.05, 0.1) is 5.92 Å². The number of carboxylic acid groups (broad SMARTS) is 1. The van der Waals surface area contributed by atoms with Crippen molar-refractivity contribution in [2.24, 2.45) is 5.92 Å². The monoisotopic (exact) mass is 258 g/mol. The van der Waals surface area contributed by atoms with Gasteiger partial charge in [0.15, 0.2) is 0 Å². The minimum atomic E-state index is -0.846. The van der Waals surface area contributed by atoms with Crippen molar-refractivity contribution in [2.75, 3.05) is 13.6 Å². The van der Waals surface area contributed by atoms with E-state index in [0.717, 1.165) is 19.3 Å². The lowest BCUT2D eigenvalue weighted by Gasteiger charge is -2.25. The molecule has 2 atom stereocenters. The summed E-state index contributed by atoms with van der Waals surface area (Å²) in [6, 6.07) is -0.0252. The molecule has 0 aromatic rings. The summed E-state index contributed by atoms with van der Waals surface area (Å²) in [5.74, 6) is -1.34. The standard InChI is InChI=1S/C13H26N2O3/c1-5-7-10(3)15(4)13(18)14-9-11(8-6-2)12(16)17/h10-11H,5-9H2,1-4H3,(H,14,18)(H,16,17). The lowest BCUT2D eigenvalue weighted by Crippen LogP contribution is -2.44. The van der Waals surface area contributed by atoms with E-state index < -0.39 is 11.9 Å². The number of hydrogen-bond acceptors (Lipinski definition) is 2. The van der Waals surface area contributed by atoms with Crippen LogP contribution >= 0.6 is 0 Å². The van der Waals surface area contributed by atoms with Crippen LogP contribution in [-0.2, 0) is 4.79 Å². The molecule has 0 spiro atoms. The van der Waals surface area contributed by atoms with E-state index in [1.165, 1.54) is 0 Å². The summed E-state index contributed by atoms with van der Waals surface area (Å²) in [5.41, 5.74) is 0. The van der Waals surface area contributed by atoms with E-state index in [1.54, 1.807) is 11.9 Å². The molecule has 0 bridgehead atoms. The van der Waals surface area contributed by atoms with Crippen LogP contribution in [0.2, 0.25) is 0 Å². The Bertz CT molecular complexity index is 269. The highest BCUT2D eigenvalue weighted by molar-refractivity contribution is 5.76. The van der Waals surface area contributed by atoms with Gasteiger partial charge in [0.2, 0.25) is 0 Å². The minimum absolute atomic E-state index is 0.171. The first kappa shape index (κ1) is 16.7. The van der Waals surface area contributed by atoms with Gasteiger partial charge < -0.3 is 15.3 Å². The van der Waals surface area contributed by atoms with Crippen molar-refractivity contribution in [1.82, 2.24) is 10.2 Å². The van der Waals surface area contributed by atoms with Crippen molar-refractivity contribution in [2.45, 2.75) is 52.5 Å². The second-order valence-electron chi connectivity index (χ2n) is 4.76. The molecule has 2 unspecified atom stereocenters. The number of urea groups is 1. The number of hydrogen-bond donors (Lipinski definition) is 2. The van der Waals surface area contributed by atoms with E-state index >= 15 is 0 Å². The van der Waals surface area contributed by atoms with Crippen LogP contribution < -0.4 is 5.32 Å². The third-order valence-electron chi connectivity index (χ3n) is 3.17. The number of carbonyl (C=O) groups is 2. The molecule has 0 aromatic carbocycles. The minimum Gasteiger partial charge on any atom is -0.481 e. The van der Waals surface area contributed by atoms with E-state index in [0.29, 0.717) is 6.42 Å². The maximum atomic E-state index is 11.8. The molecule has 0 aliphatic rings. The highest BCUT2D eigenvalue weighted by atomic mass is 16.4. The van der Waals surface area contributed by atoms with Gasteiger partial charge in [0.25, 0.3) is 0 Å². The van der Waals surface area contributed by atoms with Crippen molar-refractivity contribution in [3.05, 3.63) is 0 Å². The average molecular weight is 258 g/mol. The van der Waals surface area contributed by atoms with Crippen molar-refractivity contribution in [1.29, 1.82) is 0 Å². The summed E-state index contributed by atoms with van der Waals surface area (Å²) >= 11 is 0. The number of amides is 2. The molecule has 2 amide bonds. The Morgan fingerprint density at radius 1 is 1.22 bits per heavy atom. The normalized spacial score (nSPS) is 13.8. The Kier molecular flexibility index (Phi) is 8.16. The van der Waals surface area contributed by atoms with Gasteiger partial charge in [-0.3, -0.25) is 4.79 Å². The number of aliphatic carboxylic acids is 1. The highest BCUT2D eigenvalue weighted by Gasteiger charge is 2.20. The summed E-state index contributed by atoms with van der Waals surface area (Å²) < 4.78 is 0. The second kappa shape index (κ2) is 8.78. The Hall–Kier alpha value is -1.26. The van der Waals surface area contributed by atoms with Crippen molar-refractivity contribution < 1.29 is 14.7 Å². The second-order valence-corrected chi connectivity index (χ2v) is 4.76. The Balaban J connectivity index is 4.18. The third kappa shape index (κ3) is 5.89. The smallest absolute Gasteiger partial charge is 0.317 e. The first-order valence-corrected chi connectivity index (χ1v) is 6.67. The molecule has 0 saturated carbocycles. The zero-order chi connectivity index (χ0) is 14.1. The Morgan fingerprint density at radius 3 is 2.22 bits per heavy atom. The van der Waals surface area contributed by atoms with E-state index in [4.69, 9.17) is 5.11 Å². The van der Waals surface area contributed by atoms with E-state index in [9.17, 15) is 9.59 Å². The zero-order valence-corrected chi connectivity index (χ0v) is 11.9. The molecule has 0 radical (unpaired) electrons. The zero-order valence-electron chi connectivity index (χ0n) is 11.9. The van der Waals surface area contributed by atoms with Gasteiger partial charge in [-0.2, -0.15) is 0 Å². The van der Waals surface area contributed by atoms with Gasteiger partial charge in [-0.05, 0) is 19.8 Å². The summed E-state index contributed by atoms with van der Waals surface area (Å²) in [6.07, 6.45) is 3.35. The van der Waals surface area contributed by atoms with Crippen molar-refractivity contribution >= 4 is 12.0 Å². The molecule has 106 valence electrons. The summed E-state index contributed by atoms with van der Waals surface area (Å²) in [5, 5.41) is 11.7. The maximum Gasteiger partial charge on any atom is 0.317 e. The van der Waals surface area contributed by atoms with Crippen LogP contribution in [0.3, 0.4) is 0 Å². The van der Waals surface area contributed by atoms with Crippen LogP contribution in [0.15, 0.2) is 0 Å². The Labute approximate surface area is 110 Å². The highest BCUT2D eigenvalue weighted by Crippen LogP contribution is 2.07. The molecule has 0 aliphatic carbocycles. The number of carboxylic acids is 1. The topological polar surface area (TPSA) is 69.6 Å². The van der Waals surface area contributed by atoms with Gasteiger partial charge in [-0.15, -0.1) is 0 Å². The van der Waals surface area contributed by atoms with Crippen molar-refractivity contribution in [3.8, 4) is 0 Å². The summed E-state index contributed by atoms with van der Waals surface area (Å²) in [4.78, 5) is 24.4. The first-order chi connectivity index (χ1) is 8.43. The fraction of sp³-hybridized carbons (Fsp3) is 0.846. The molecular formula is C13H26N2O3. The lowest BCUT2D eigenvalue weighted by atomic mass is 10.0. The molecular weight excluding hydrogens is 232 g/mol. The Morgan fingerprint density at radius 2 is 1.78 bits per heavy atom. The fourth-order valence-corrected chi connectivity index (χ4v) is 1.81. The van der Waals surface area contributed by atoms with Gasteiger partial charge >= 0.3 is 12.0 Å². The first-order valence-electron chi connectivity index (χ1n) is 6.67. The number of nitrogens with zero attached hydrogens (tertiary/aromatic N) is 1. The largest absolute Gasteiger partial charge is 0.481 e. The predicted molar refractivity (Wildman–Crippen MR) is 71.6 cm³/mol. The summed E-state index contributed by atoms with van der Waals surface area (Å²) in [6.45, 7) is 6.20. The van der Waals surface area contributed by atoms with Crippen molar-refractivity contribution in [3.63, 3.8) is 0 Å². The molecule has 18 heavy (non-hydrogen) atoms. The predicted octanol–water partition coefficient (Wildman–Crippen LogP) is 2.32. The molecule has 0 rings (SSSR count). The lowest BCUT2D eigenvalue weighted by molar-refractivity contribution is -0.141. The van der Waals surface area contributed by atoms with Crippen LogP contribution in [0.25, 0.3) is 0 Å². The van der Waals surface area contributed by atoms with E-state index in [2.05, 4.69) is 12.2 Å². The van der Waals surface area contributed by atoms with E-state index in [1.807, 2.05) is 13.8 Å². The molecule has 0 saturated heterocycles. The number of nitrogens with one attached hydrogen (secondary N) is 1. The third-order valence-corrected chi connectivity index (χ3v) is 3.17. The van der Waals surface area contributed by atoms with Gasteiger partial charge in [-0.1, -0.05) is 26.7 Å². The van der Waals surface area contributed by atoms with Gasteiger partial charge in [0, 0.05) is 19.6 Å². The molecule has 0 fully saturated rings. The molecule has 0 heterocycles. The van der Waals surface area contributed by atoms with Crippen LogP contribution in [0.4, 0.5) is 4.79 Å². The summed E-state index contributed by atoms with van der Waals surface area (Å²) in [7, 11) is 1.74. The average Bonchev–Trinajstić information content (AvgIpc) is 2.32. The molecule has 5 heteroatoms. The molecule has 5 nitrogen and oxygen atoms in total. The molecule has 2 N–H and O–H groups in total. The molecule has 0 aromatic heterocycles. The van der Waals surface area contributed by atoms with Gasteiger partial charge in [-0.25, -0.2) is 4.79 Å². The van der Waals surface area contributed by atoms with Crippen LogP contribution in [0, 0.1) is 5.92 Å². The number of rotatable bonds is 8. The number of carbonyl (C=O) groups excluding carboxylic acids is 1. The van der Waals surface area contributed by atoms with E-state index in [-0.39, 0.29) is 18.6 Å². The quantitative estimate of drug-likeness (QED) is 0.702. The maximum absolute atomic E-state index is 11.8. The SMILES string of the molecule is CCCC(CNC(=O)N(C)C(C)CCC)C(=O)O. The van der Waals surface area contributed by atoms with Crippen LogP contribution in [-0.4, -0.2) is 41.6 Å². The van der Waals surface area contributed by atoms with Crippen LogP contribution in [0.5, 0.6) is 0 Å². The van der Waals surface area contributed by atoms with Gasteiger partial charge in [0.1, 0.15) is 0 Å². The molecule has 0 aliphatic heterocycles. The van der Waals surface area contributed by atoms with Crippen LogP contribution in [0.1, 0.15) is 46.5 Å².